The highest BCUT2D eigenvalue weighted by Gasteiger charge is 2.12. The van der Waals surface area contributed by atoms with Crippen LogP contribution in [0.1, 0.15) is 22.3 Å². The van der Waals surface area contributed by atoms with Crippen molar-refractivity contribution < 1.29 is 9.59 Å². The number of aromatic nitrogens is 1. The first-order valence-corrected chi connectivity index (χ1v) is 8.63. The van der Waals surface area contributed by atoms with Crippen molar-refractivity contribution in [1.82, 2.24) is 10.3 Å². The van der Waals surface area contributed by atoms with Crippen LogP contribution in [-0.4, -0.2) is 23.3 Å². The van der Waals surface area contributed by atoms with Crippen molar-refractivity contribution in [2.24, 2.45) is 0 Å². The number of carbonyl (C=O) groups is 2. The van der Waals surface area contributed by atoms with Gasteiger partial charge in [0.05, 0.1) is 13.0 Å². The summed E-state index contributed by atoms with van der Waals surface area (Å²) in [6, 6.07) is 11.9. The van der Waals surface area contributed by atoms with Gasteiger partial charge >= 0.3 is 0 Å². The zero-order valence-corrected chi connectivity index (χ0v) is 15.3. The van der Waals surface area contributed by atoms with E-state index in [1.54, 1.807) is 0 Å². The fourth-order valence-corrected chi connectivity index (χ4v) is 3.25. The van der Waals surface area contributed by atoms with Crippen molar-refractivity contribution in [3.05, 3.63) is 64.8 Å². The lowest BCUT2D eigenvalue weighted by atomic mass is 10.1. The van der Waals surface area contributed by atoms with Gasteiger partial charge < -0.3 is 15.6 Å². The Morgan fingerprint density at radius 1 is 1.00 bits per heavy atom. The van der Waals surface area contributed by atoms with E-state index in [4.69, 9.17) is 0 Å². The van der Waals surface area contributed by atoms with E-state index in [2.05, 4.69) is 15.6 Å². The van der Waals surface area contributed by atoms with Gasteiger partial charge in [-0.1, -0.05) is 35.9 Å². The summed E-state index contributed by atoms with van der Waals surface area (Å²) in [5, 5.41) is 6.61. The predicted octanol–water partition coefficient (Wildman–Crippen LogP) is 3.39. The number of rotatable bonds is 5. The number of anilines is 1. The second-order valence-electron chi connectivity index (χ2n) is 6.63. The molecule has 3 aromatic rings. The summed E-state index contributed by atoms with van der Waals surface area (Å²) in [6.07, 6.45) is 2.07. The first kappa shape index (κ1) is 17.7. The van der Waals surface area contributed by atoms with Crippen molar-refractivity contribution in [1.29, 1.82) is 0 Å². The lowest BCUT2D eigenvalue weighted by Crippen LogP contribution is -2.34. The fraction of sp³-hybridized carbons (Fsp3) is 0.238. The zero-order valence-electron chi connectivity index (χ0n) is 15.3. The molecule has 0 aliphatic heterocycles. The van der Waals surface area contributed by atoms with Gasteiger partial charge in [-0.05, 0) is 43.5 Å². The SMILES string of the molecule is Cc1cc(C)c(NC(=O)CNC(=O)Cc2c[nH]c3ccccc23)c(C)c1. The molecule has 3 rings (SSSR count). The van der Waals surface area contributed by atoms with Gasteiger partial charge in [-0.3, -0.25) is 9.59 Å². The summed E-state index contributed by atoms with van der Waals surface area (Å²) in [5.41, 5.74) is 5.92. The molecule has 0 unspecified atom stereocenters. The van der Waals surface area contributed by atoms with E-state index < -0.39 is 0 Å². The van der Waals surface area contributed by atoms with Crippen molar-refractivity contribution in [2.75, 3.05) is 11.9 Å². The molecule has 5 nitrogen and oxygen atoms in total. The molecule has 0 aliphatic rings. The number of amides is 2. The summed E-state index contributed by atoms with van der Waals surface area (Å²) in [6.45, 7) is 5.90. The van der Waals surface area contributed by atoms with Crippen LogP contribution in [0.15, 0.2) is 42.6 Å². The molecule has 2 aromatic carbocycles. The van der Waals surface area contributed by atoms with Crippen LogP contribution in [0.25, 0.3) is 10.9 Å². The van der Waals surface area contributed by atoms with Gasteiger partial charge in [0, 0.05) is 22.8 Å². The van der Waals surface area contributed by atoms with Gasteiger partial charge in [-0.15, -0.1) is 0 Å². The molecule has 1 heterocycles. The summed E-state index contributed by atoms with van der Waals surface area (Å²) in [7, 11) is 0. The molecule has 0 fully saturated rings. The van der Waals surface area contributed by atoms with E-state index in [1.807, 2.05) is 63.4 Å². The lowest BCUT2D eigenvalue weighted by Gasteiger charge is -2.13. The van der Waals surface area contributed by atoms with E-state index in [1.165, 1.54) is 0 Å². The number of aromatic amines is 1. The maximum atomic E-state index is 12.2. The summed E-state index contributed by atoms with van der Waals surface area (Å²) >= 11 is 0. The van der Waals surface area contributed by atoms with E-state index in [9.17, 15) is 9.59 Å². The standard InChI is InChI=1S/C21H23N3O2/c1-13-8-14(2)21(15(3)9-13)24-20(26)12-23-19(25)10-16-11-22-18-7-5-4-6-17(16)18/h4-9,11,22H,10,12H2,1-3H3,(H,23,25)(H,24,26). The first-order chi connectivity index (χ1) is 12.4. The molecule has 0 radical (unpaired) electrons. The van der Waals surface area contributed by atoms with E-state index >= 15 is 0 Å². The third kappa shape index (κ3) is 3.94. The number of carbonyl (C=O) groups excluding carboxylic acids is 2. The molecule has 1 aromatic heterocycles. The second kappa shape index (κ2) is 7.44. The van der Waals surface area contributed by atoms with Crippen molar-refractivity contribution in [2.45, 2.75) is 27.2 Å². The Morgan fingerprint density at radius 2 is 1.69 bits per heavy atom. The normalized spacial score (nSPS) is 10.7. The molecule has 26 heavy (non-hydrogen) atoms. The first-order valence-electron chi connectivity index (χ1n) is 8.63. The quantitative estimate of drug-likeness (QED) is 0.660. The summed E-state index contributed by atoms with van der Waals surface area (Å²) in [4.78, 5) is 27.5. The molecule has 2 amide bonds. The van der Waals surface area contributed by atoms with Gasteiger partial charge in [0.2, 0.25) is 11.8 Å². The molecule has 0 atom stereocenters. The van der Waals surface area contributed by atoms with Crippen LogP contribution >= 0.6 is 0 Å². The van der Waals surface area contributed by atoms with Crippen LogP contribution < -0.4 is 10.6 Å². The van der Waals surface area contributed by atoms with Crippen LogP contribution in [0.4, 0.5) is 5.69 Å². The highest BCUT2D eigenvalue weighted by molar-refractivity contribution is 5.96. The highest BCUT2D eigenvalue weighted by Crippen LogP contribution is 2.21. The smallest absolute Gasteiger partial charge is 0.243 e. The number of benzene rings is 2. The Balaban J connectivity index is 1.57. The predicted molar refractivity (Wildman–Crippen MR) is 104 cm³/mol. The van der Waals surface area contributed by atoms with Crippen molar-refractivity contribution in [3.8, 4) is 0 Å². The Hall–Kier alpha value is -3.08. The van der Waals surface area contributed by atoms with Gasteiger partial charge in [-0.2, -0.15) is 0 Å². The minimum absolute atomic E-state index is 0.0477. The largest absolute Gasteiger partial charge is 0.361 e. The van der Waals surface area contributed by atoms with Crippen LogP contribution in [-0.2, 0) is 16.0 Å². The van der Waals surface area contributed by atoms with Crippen LogP contribution in [0.5, 0.6) is 0 Å². The Kier molecular flexibility index (Phi) is 5.07. The highest BCUT2D eigenvalue weighted by atomic mass is 16.2. The second-order valence-corrected chi connectivity index (χ2v) is 6.63. The monoisotopic (exact) mass is 349 g/mol. The number of nitrogens with one attached hydrogen (secondary N) is 3. The molecule has 0 spiro atoms. The minimum Gasteiger partial charge on any atom is -0.361 e. The van der Waals surface area contributed by atoms with Gasteiger partial charge in [0.15, 0.2) is 0 Å². The minimum atomic E-state index is -0.229. The maximum Gasteiger partial charge on any atom is 0.243 e. The Labute approximate surface area is 152 Å². The molecule has 3 N–H and O–H groups in total. The van der Waals surface area contributed by atoms with Gasteiger partial charge in [0.25, 0.3) is 0 Å². The molecular formula is C21H23N3O2. The van der Waals surface area contributed by atoms with Crippen LogP contribution in [0.2, 0.25) is 0 Å². The topological polar surface area (TPSA) is 74.0 Å². The molecule has 134 valence electrons. The molecule has 0 aliphatic carbocycles. The number of para-hydroxylation sites is 1. The van der Waals surface area contributed by atoms with E-state index in [0.717, 1.165) is 38.8 Å². The average Bonchev–Trinajstić information content (AvgIpc) is 2.99. The third-order valence-electron chi connectivity index (χ3n) is 4.41. The van der Waals surface area contributed by atoms with Crippen LogP contribution in [0, 0.1) is 20.8 Å². The van der Waals surface area contributed by atoms with E-state index in [0.29, 0.717) is 0 Å². The molecule has 0 bridgehead atoms. The van der Waals surface area contributed by atoms with Gasteiger partial charge in [0.1, 0.15) is 0 Å². The maximum absolute atomic E-state index is 12.2. The molecular weight excluding hydrogens is 326 g/mol. The molecule has 0 saturated heterocycles. The van der Waals surface area contributed by atoms with Gasteiger partial charge in [-0.25, -0.2) is 0 Å². The number of fused-ring (bicyclic) bond motifs is 1. The molecule has 0 saturated carbocycles. The zero-order chi connectivity index (χ0) is 18.7. The fourth-order valence-electron chi connectivity index (χ4n) is 3.25. The number of H-pyrrole nitrogens is 1. The Bertz CT molecular complexity index is 949. The van der Waals surface area contributed by atoms with Crippen LogP contribution in [0.3, 0.4) is 0 Å². The molecule has 5 heteroatoms. The lowest BCUT2D eigenvalue weighted by molar-refractivity contribution is -0.123. The van der Waals surface area contributed by atoms with Crippen molar-refractivity contribution >= 4 is 28.4 Å². The number of hydrogen-bond acceptors (Lipinski definition) is 2. The Morgan fingerprint density at radius 3 is 2.42 bits per heavy atom. The average molecular weight is 349 g/mol. The number of aryl methyl sites for hydroxylation is 3. The van der Waals surface area contributed by atoms with E-state index in [-0.39, 0.29) is 24.8 Å². The number of hydrogen-bond donors (Lipinski definition) is 3. The summed E-state index contributed by atoms with van der Waals surface area (Å²) < 4.78 is 0. The third-order valence-corrected chi connectivity index (χ3v) is 4.41. The van der Waals surface area contributed by atoms with Crippen molar-refractivity contribution in [3.63, 3.8) is 0 Å². The summed E-state index contributed by atoms with van der Waals surface area (Å²) in [5.74, 6) is -0.408.